The van der Waals surface area contributed by atoms with Crippen molar-refractivity contribution in [1.29, 1.82) is 0 Å². The SMILES string of the molecule is c1ccc2c(c1)-c1cccc3c(-c4c5ccccc5c(-c5ccc(-c6cc7ccccc7c7ccccc67)cc5)c5ccccc45)ccc-2c13. The molecule has 0 fully saturated rings. The number of hydrogen-bond acceptors (Lipinski definition) is 0. The van der Waals surface area contributed by atoms with Crippen LogP contribution in [0, 0.1) is 0 Å². The van der Waals surface area contributed by atoms with E-state index in [-0.39, 0.29) is 0 Å². The molecule has 10 aromatic rings. The van der Waals surface area contributed by atoms with Gasteiger partial charge in [0.25, 0.3) is 0 Å². The summed E-state index contributed by atoms with van der Waals surface area (Å²) >= 11 is 0. The van der Waals surface area contributed by atoms with Gasteiger partial charge in [-0.1, -0.05) is 176 Å². The zero-order valence-corrected chi connectivity index (χ0v) is 27.3. The lowest BCUT2D eigenvalue weighted by Gasteiger charge is -2.19. The van der Waals surface area contributed by atoms with Gasteiger partial charge in [-0.05, 0) is 116 Å². The summed E-state index contributed by atoms with van der Waals surface area (Å²) in [4.78, 5) is 0. The summed E-state index contributed by atoms with van der Waals surface area (Å²) < 4.78 is 0. The van der Waals surface area contributed by atoms with E-state index in [1.54, 1.807) is 0 Å². The van der Waals surface area contributed by atoms with Gasteiger partial charge in [0.05, 0.1) is 0 Å². The lowest BCUT2D eigenvalue weighted by atomic mass is 9.84. The largest absolute Gasteiger partial charge is 0.0616 e. The lowest BCUT2D eigenvalue weighted by Crippen LogP contribution is -1.92. The van der Waals surface area contributed by atoms with Crippen molar-refractivity contribution in [2.45, 2.75) is 0 Å². The summed E-state index contributed by atoms with van der Waals surface area (Å²) in [5, 5.41) is 12.9. The summed E-state index contributed by atoms with van der Waals surface area (Å²) in [6.45, 7) is 0. The molecule has 1 aliphatic rings. The first-order chi connectivity index (χ1) is 24.8. The highest BCUT2D eigenvalue weighted by atomic mass is 14.3. The molecule has 0 spiro atoms. The maximum Gasteiger partial charge on any atom is -0.00201 e. The standard InChI is InChI=1S/C50H30/c1-2-13-34-33(12-1)30-47(38-17-6-3-14-35(34)38)31-24-26-32(27-25-31)48-40-18-7-9-20-42(40)50(43-21-10-8-19-41(43)48)46-29-28-45-37-16-5-4-15-36(37)39-22-11-23-44(46)49(39)45/h1-30H. The molecule has 0 aliphatic heterocycles. The Bertz CT molecular complexity index is 2930. The Morgan fingerprint density at radius 3 is 1.36 bits per heavy atom. The van der Waals surface area contributed by atoms with Crippen LogP contribution in [0.25, 0.3) is 109 Å². The minimum atomic E-state index is 1.23. The van der Waals surface area contributed by atoms with Gasteiger partial charge in [0.2, 0.25) is 0 Å². The van der Waals surface area contributed by atoms with Crippen molar-refractivity contribution in [3.05, 3.63) is 182 Å². The Morgan fingerprint density at radius 2 is 0.680 bits per heavy atom. The average molecular weight is 631 g/mol. The molecule has 50 heavy (non-hydrogen) atoms. The van der Waals surface area contributed by atoms with E-state index in [1.807, 2.05) is 0 Å². The van der Waals surface area contributed by atoms with Gasteiger partial charge in [-0.15, -0.1) is 0 Å². The van der Waals surface area contributed by atoms with Crippen LogP contribution in [0.1, 0.15) is 0 Å². The molecule has 0 unspecified atom stereocenters. The predicted octanol–water partition coefficient (Wildman–Crippen LogP) is 14.1. The highest BCUT2D eigenvalue weighted by molar-refractivity contribution is 6.26. The lowest BCUT2D eigenvalue weighted by molar-refractivity contribution is 1.64. The Morgan fingerprint density at radius 1 is 0.220 bits per heavy atom. The number of fused-ring (bicyclic) bond motifs is 8. The molecule has 0 saturated heterocycles. The van der Waals surface area contributed by atoms with Crippen LogP contribution in [0.5, 0.6) is 0 Å². The average Bonchev–Trinajstić information content (AvgIpc) is 3.52. The monoisotopic (exact) mass is 630 g/mol. The molecule has 0 aromatic heterocycles. The molecule has 0 nitrogen and oxygen atoms in total. The predicted molar refractivity (Wildman–Crippen MR) is 215 cm³/mol. The van der Waals surface area contributed by atoms with E-state index >= 15 is 0 Å². The van der Waals surface area contributed by atoms with E-state index in [2.05, 4.69) is 182 Å². The van der Waals surface area contributed by atoms with Crippen molar-refractivity contribution in [2.75, 3.05) is 0 Å². The first kappa shape index (κ1) is 27.5. The maximum atomic E-state index is 2.36. The van der Waals surface area contributed by atoms with Crippen LogP contribution in [0.15, 0.2) is 182 Å². The van der Waals surface area contributed by atoms with Gasteiger partial charge < -0.3 is 0 Å². The van der Waals surface area contributed by atoms with Gasteiger partial charge in [-0.2, -0.15) is 0 Å². The second-order valence-electron chi connectivity index (χ2n) is 13.5. The molecule has 1 aliphatic carbocycles. The minimum Gasteiger partial charge on any atom is -0.0616 e. The number of benzene rings is 10. The van der Waals surface area contributed by atoms with Crippen LogP contribution in [-0.4, -0.2) is 0 Å². The molecule has 0 bridgehead atoms. The second kappa shape index (κ2) is 10.5. The molecule has 10 aromatic carbocycles. The molecule has 0 heteroatoms. The molecule has 11 rings (SSSR count). The number of hydrogen-bond donors (Lipinski definition) is 0. The van der Waals surface area contributed by atoms with Gasteiger partial charge in [-0.3, -0.25) is 0 Å². The molecule has 0 amide bonds. The molecule has 0 radical (unpaired) electrons. The van der Waals surface area contributed by atoms with Crippen LogP contribution in [0.2, 0.25) is 0 Å². The highest BCUT2D eigenvalue weighted by Gasteiger charge is 2.24. The van der Waals surface area contributed by atoms with E-state index in [9.17, 15) is 0 Å². The second-order valence-corrected chi connectivity index (χ2v) is 13.5. The van der Waals surface area contributed by atoms with Crippen molar-refractivity contribution in [1.82, 2.24) is 0 Å². The van der Waals surface area contributed by atoms with E-state index in [0.29, 0.717) is 0 Å². The fraction of sp³-hybridized carbons (Fsp3) is 0. The molecular weight excluding hydrogens is 601 g/mol. The Kier molecular flexibility index (Phi) is 5.76. The molecule has 0 N–H and O–H groups in total. The van der Waals surface area contributed by atoms with Crippen LogP contribution >= 0.6 is 0 Å². The summed E-state index contributed by atoms with van der Waals surface area (Å²) in [6.07, 6.45) is 0. The topological polar surface area (TPSA) is 0 Å². The van der Waals surface area contributed by atoms with Crippen LogP contribution in [0.4, 0.5) is 0 Å². The molecule has 0 atom stereocenters. The number of rotatable bonds is 3. The summed E-state index contributed by atoms with van der Waals surface area (Å²) in [5.41, 5.74) is 12.9. The van der Waals surface area contributed by atoms with Crippen molar-refractivity contribution in [3.63, 3.8) is 0 Å². The fourth-order valence-electron chi connectivity index (χ4n) is 8.87. The third kappa shape index (κ3) is 3.82. The maximum absolute atomic E-state index is 2.36. The van der Waals surface area contributed by atoms with Crippen molar-refractivity contribution < 1.29 is 0 Å². The molecule has 230 valence electrons. The van der Waals surface area contributed by atoms with Crippen LogP contribution < -0.4 is 0 Å². The van der Waals surface area contributed by atoms with Crippen LogP contribution in [-0.2, 0) is 0 Å². The summed E-state index contributed by atoms with van der Waals surface area (Å²) in [6, 6.07) is 67.5. The van der Waals surface area contributed by atoms with Crippen molar-refractivity contribution in [3.8, 4) is 55.6 Å². The van der Waals surface area contributed by atoms with Gasteiger partial charge in [0.1, 0.15) is 0 Å². The van der Waals surface area contributed by atoms with E-state index < -0.39 is 0 Å². The van der Waals surface area contributed by atoms with Gasteiger partial charge in [-0.25, -0.2) is 0 Å². The Hall–Kier alpha value is -6.50. The third-order valence-corrected chi connectivity index (χ3v) is 11.0. The van der Waals surface area contributed by atoms with Crippen LogP contribution in [0.3, 0.4) is 0 Å². The zero-order valence-electron chi connectivity index (χ0n) is 27.3. The normalized spacial score (nSPS) is 12.0. The third-order valence-electron chi connectivity index (χ3n) is 11.0. The molecular formula is C50H30. The van der Waals surface area contributed by atoms with Crippen molar-refractivity contribution >= 4 is 53.9 Å². The molecule has 0 saturated carbocycles. The Labute approximate surface area is 290 Å². The quantitative estimate of drug-likeness (QED) is 0.135. The van der Waals surface area contributed by atoms with E-state index in [1.165, 1.54) is 109 Å². The van der Waals surface area contributed by atoms with Gasteiger partial charge in [0.15, 0.2) is 0 Å². The van der Waals surface area contributed by atoms with E-state index in [0.717, 1.165) is 0 Å². The first-order valence-corrected chi connectivity index (χ1v) is 17.4. The van der Waals surface area contributed by atoms with Gasteiger partial charge in [0, 0.05) is 0 Å². The smallest absolute Gasteiger partial charge is 0.00201 e. The Balaban J connectivity index is 1.14. The van der Waals surface area contributed by atoms with Gasteiger partial charge >= 0.3 is 0 Å². The molecule has 0 heterocycles. The van der Waals surface area contributed by atoms with Crippen molar-refractivity contribution in [2.24, 2.45) is 0 Å². The summed E-state index contributed by atoms with van der Waals surface area (Å²) in [7, 11) is 0. The zero-order chi connectivity index (χ0) is 32.8. The van der Waals surface area contributed by atoms with E-state index in [4.69, 9.17) is 0 Å². The fourth-order valence-corrected chi connectivity index (χ4v) is 8.87. The summed E-state index contributed by atoms with van der Waals surface area (Å²) in [5.74, 6) is 0. The first-order valence-electron chi connectivity index (χ1n) is 17.4. The minimum absolute atomic E-state index is 1.23. The highest BCUT2D eigenvalue weighted by Crippen LogP contribution is 2.51.